The van der Waals surface area contributed by atoms with Gasteiger partial charge in [0.05, 0.1) is 6.61 Å². The molecule has 0 bridgehead atoms. The smallest absolute Gasteiger partial charge is 0.321 e. The molecule has 6 nitrogen and oxygen atoms in total. The van der Waals surface area contributed by atoms with Gasteiger partial charge in [-0.2, -0.15) is 4.98 Å². The average molecular weight is 241 g/mol. The minimum atomic E-state index is -0.921. The predicted molar refractivity (Wildman–Crippen MR) is 62.9 cm³/mol. The maximum Gasteiger partial charge on any atom is 0.321 e. The lowest BCUT2D eigenvalue weighted by atomic mass is 9.94. The molecule has 0 radical (unpaired) electrons. The van der Waals surface area contributed by atoms with Gasteiger partial charge in [0, 0.05) is 13.6 Å². The van der Waals surface area contributed by atoms with Gasteiger partial charge in [-0.05, 0) is 32.9 Å². The Morgan fingerprint density at radius 2 is 2.12 bits per heavy atom. The highest BCUT2D eigenvalue weighted by Gasteiger charge is 2.37. The minimum Gasteiger partial charge on any atom is -0.465 e. The molecule has 1 heterocycles. The maximum absolute atomic E-state index is 11.8. The first kappa shape index (κ1) is 13.5. The molecular formula is C11H19N3O3. The first-order valence-corrected chi connectivity index (χ1v) is 5.66. The van der Waals surface area contributed by atoms with Gasteiger partial charge in [0.2, 0.25) is 5.89 Å². The first-order chi connectivity index (χ1) is 7.93. The minimum absolute atomic E-state index is 0.270. The lowest BCUT2D eigenvalue weighted by molar-refractivity contribution is -0.149. The summed E-state index contributed by atoms with van der Waals surface area (Å²) in [5.74, 6) is 0.375. The number of nitrogens with zero attached hydrogens (tertiary/aromatic N) is 3. The molecule has 1 aromatic heterocycles. The number of hydrogen-bond donors (Lipinski definition) is 0. The normalized spacial score (nSPS) is 11.4. The summed E-state index contributed by atoms with van der Waals surface area (Å²) in [5, 5.41) is 3.83. The van der Waals surface area contributed by atoms with Crippen LogP contribution in [0.5, 0.6) is 0 Å². The molecule has 0 amide bonds. The lowest BCUT2D eigenvalue weighted by Gasteiger charge is -2.17. The molecule has 1 rings (SSSR count). The van der Waals surface area contributed by atoms with Crippen molar-refractivity contribution in [1.82, 2.24) is 10.1 Å². The van der Waals surface area contributed by atoms with Crippen molar-refractivity contribution in [3.05, 3.63) is 5.89 Å². The fraction of sp³-hybridized carbons (Fsp3) is 0.727. The van der Waals surface area contributed by atoms with E-state index < -0.39 is 5.41 Å². The predicted octanol–water partition coefficient (Wildman–Crippen LogP) is 1.37. The quantitative estimate of drug-likeness (QED) is 0.725. The molecule has 0 fully saturated rings. The summed E-state index contributed by atoms with van der Waals surface area (Å²) in [6.07, 6.45) is 0. The van der Waals surface area contributed by atoms with Crippen LogP contribution in [-0.4, -0.2) is 36.3 Å². The van der Waals surface area contributed by atoms with Gasteiger partial charge in [-0.1, -0.05) is 0 Å². The Bertz CT molecular complexity index is 387. The Labute approximate surface area is 101 Å². The van der Waals surface area contributed by atoms with Crippen molar-refractivity contribution < 1.29 is 14.1 Å². The summed E-state index contributed by atoms with van der Waals surface area (Å²) in [6, 6.07) is 0. The summed E-state index contributed by atoms with van der Waals surface area (Å²) >= 11 is 0. The second-order valence-corrected chi connectivity index (χ2v) is 4.26. The molecule has 0 aliphatic carbocycles. The summed E-state index contributed by atoms with van der Waals surface area (Å²) in [7, 11) is 1.85. The zero-order valence-electron chi connectivity index (χ0n) is 11.0. The van der Waals surface area contributed by atoms with Crippen LogP contribution in [0.4, 0.5) is 5.95 Å². The molecule has 0 N–H and O–H groups in total. The molecule has 0 saturated heterocycles. The average Bonchev–Trinajstić information content (AvgIpc) is 2.78. The van der Waals surface area contributed by atoms with Crippen LogP contribution in [0.25, 0.3) is 0 Å². The molecule has 96 valence electrons. The van der Waals surface area contributed by atoms with Crippen LogP contribution in [0.2, 0.25) is 0 Å². The molecule has 1 aromatic rings. The first-order valence-electron chi connectivity index (χ1n) is 5.66. The van der Waals surface area contributed by atoms with Crippen molar-refractivity contribution in [3.63, 3.8) is 0 Å². The summed E-state index contributed by atoms with van der Waals surface area (Å²) in [5.41, 5.74) is -0.921. The standard InChI is InChI=1S/C11H19N3O3/c1-6-14(5)10-12-8(17-13-10)11(3,4)9(15)16-7-2/h6-7H2,1-5H3. The molecule has 0 aliphatic heterocycles. The number of rotatable bonds is 5. The third-order valence-electron chi connectivity index (χ3n) is 2.55. The lowest BCUT2D eigenvalue weighted by Crippen LogP contribution is -2.31. The summed E-state index contributed by atoms with van der Waals surface area (Å²) in [4.78, 5) is 17.8. The molecule has 0 unspecified atom stereocenters. The van der Waals surface area contributed by atoms with Crippen molar-refractivity contribution in [2.24, 2.45) is 0 Å². The van der Waals surface area contributed by atoms with Gasteiger partial charge in [-0.15, -0.1) is 0 Å². The second-order valence-electron chi connectivity index (χ2n) is 4.26. The van der Waals surface area contributed by atoms with E-state index in [9.17, 15) is 4.79 Å². The van der Waals surface area contributed by atoms with Gasteiger partial charge in [0.1, 0.15) is 5.41 Å². The Hall–Kier alpha value is -1.59. The number of carbonyl (C=O) groups excluding carboxylic acids is 1. The van der Waals surface area contributed by atoms with E-state index in [4.69, 9.17) is 9.26 Å². The Morgan fingerprint density at radius 3 is 2.65 bits per heavy atom. The topological polar surface area (TPSA) is 68.5 Å². The van der Waals surface area contributed by atoms with Gasteiger partial charge < -0.3 is 14.2 Å². The fourth-order valence-electron chi connectivity index (χ4n) is 1.16. The molecule has 0 spiro atoms. The molecule has 0 saturated carbocycles. The van der Waals surface area contributed by atoms with Crippen molar-refractivity contribution in [2.45, 2.75) is 33.1 Å². The Kier molecular flexibility index (Phi) is 4.09. The Morgan fingerprint density at radius 1 is 1.47 bits per heavy atom. The van der Waals surface area contributed by atoms with Gasteiger partial charge in [-0.25, -0.2) is 0 Å². The van der Waals surface area contributed by atoms with E-state index >= 15 is 0 Å². The van der Waals surface area contributed by atoms with Gasteiger partial charge >= 0.3 is 5.97 Å². The van der Waals surface area contributed by atoms with Crippen LogP contribution in [-0.2, 0) is 14.9 Å². The molecule has 0 aliphatic rings. The largest absolute Gasteiger partial charge is 0.465 e. The van der Waals surface area contributed by atoms with Crippen LogP contribution in [0, 0.1) is 0 Å². The molecule has 0 aromatic carbocycles. The number of aromatic nitrogens is 2. The number of hydrogen-bond acceptors (Lipinski definition) is 6. The SMILES string of the molecule is CCOC(=O)C(C)(C)c1nc(N(C)CC)no1. The van der Waals surface area contributed by atoms with Crippen LogP contribution in [0.3, 0.4) is 0 Å². The number of anilines is 1. The maximum atomic E-state index is 11.8. The van der Waals surface area contributed by atoms with Gasteiger partial charge in [-0.3, -0.25) is 4.79 Å². The third kappa shape index (κ3) is 2.75. The third-order valence-corrected chi connectivity index (χ3v) is 2.55. The Balaban J connectivity index is 2.92. The zero-order chi connectivity index (χ0) is 13.1. The van der Waals surface area contributed by atoms with Crippen molar-refractivity contribution >= 4 is 11.9 Å². The van der Waals surface area contributed by atoms with Crippen molar-refractivity contribution in [2.75, 3.05) is 25.1 Å². The summed E-state index contributed by atoms with van der Waals surface area (Å²) < 4.78 is 10.1. The molecule has 17 heavy (non-hydrogen) atoms. The second kappa shape index (κ2) is 5.16. The van der Waals surface area contributed by atoms with Crippen LogP contribution in [0.1, 0.15) is 33.6 Å². The van der Waals surface area contributed by atoms with E-state index in [2.05, 4.69) is 10.1 Å². The van der Waals surface area contributed by atoms with E-state index in [-0.39, 0.29) is 11.9 Å². The fourth-order valence-corrected chi connectivity index (χ4v) is 1.16. The summed E-state index contributed by atoms with van der Waals surface area (Å²) in [6.45, 7) is 8.24. The monoisotopic (exact) mass is 241 g/mol. The van der Waals surface area contributed by atoms with E-state index in [0.717, 1.165) is 6.54 Å². The van der Waals surface area contributed by atoms with Crippen molar-refractivity contribution in [1.29, 1.82) is 0 Å². The van der Waals surface area contributed by atoms with Crippen LogP contribution in [0.15, 0.2) is 4.52 Å². The highest BCUT2D eigenvalue weighted by atomic mass is 16.5. The highest BCUT2D eigenvalue weighted by molar-refractivity contribution is 5.80. The van der Waals surface area contributed by atoms with Crippen LogP contribution >= 0.6 is 0 Å². The number of carbonyl (C=O) groups is 1. The highest BCUT2D eigenvalue weighted by Crippen LogP contribution is 2.24. The molecular weight excluding hydrogens is 222 g/mol. The zero-order valence-corrected chi connectivity index (χ0v) is 11.0. The van der Waals surface area contributed by atoms with Crippen molar-refractivity contribution in [3.8, 4) is 0 Å². The molecule has 6 heteroatoms. The number of ether oxygens (including phenoxy) is 1. The van der Waals surface area contributed by atoms with Crippen LogP contribution < -0.4 is 4.90 Å². The van der Waals surface area contributed by atoms with E-state index in [1.807, 2.05) is 18.9 Å². The van der Waals surface area contributed by atoms with Gasteiger partial charge in [0.15, 0.2) is 0 Å². The van der Waals surface area contributed by atoms with Gasteiger partial charge in [0.25, 0.3) is 5.95 Å². The molecule has 0 atom stereocenters. The number of esters is 1. The van der Waals surface area contributed by atoms with E-state index in [1.165, 1.54) is 0 Å². The van der Waals surface area contributed by atoms with E-state index in [1.54, 1.807) is 20.8 Å². The van der Waals surface area contributed by atoms with E-state index in [0.29, 0.717) is 12.6 Å².